The minimum absolute atomic E-state index is 0.0303. The first kappa shape index (κ1) is 17.2. The van der Waals surface area contributed by atoms with E-state index in [1.807, 2.05) is 0 Å². The van der Waals surface area contributed by atoms with Gasteiger partial charge in [0.05, 0.1) is 6.61 Å². The number of carbonyl (C=O) groups excluding carboxylic acids is 2. The summed E-state index contributed by atoms with van der Waals surface area (Å²) in [5.74, 6) is -1.82. The van der Waals surface area contributed by atoms with Crippen molar-refractivity contribution in [3.8, 4) is 0 Å². The summed E-state index contributed by atoms with van der Waals surface area (Å²) in [5.41, 5.74) is 4.99. The fraction of sp³-hybridized carbons (Fsp3) is 0.769. The summed E-state index contributed by atoms with van der Waals surface area (Å²) in [4.78, 5) is 35.5. The average Bonchev–Trinajstić information content (AvgIpc) is 2.93. The number of nitrogens with one attached hydrogen (secondary N) is 1. The molecule has 8 heteroatoms. The highest BCUT2D eigenvalue weighted by Crippen LogP contribution is 2.23. The summed E-state index contributed by atoms with van der Waals surface area (Å²) in [5, 5.41) is 20.5. The minimum atomic E-state index is -1.21. The summed E-state index contributed by atoms with van der Waals surface area (Å²) in [6.45, 7) is -0.0123. The van der Waals surface area contributed by atoms with Crippen LogP contribution in [0.15, 0.2) is 0 Å². The van der Waals surface area contributed by atoms with Crippen LogP contribution in [0.3, 0.4) is 0 Å². The van der Waals surface area contributed by atoms with E-state index in [0.717, 1.165) is 25.7 Å². The van der Waals surface area contributed by atoms with Crippen LogP contribution in [0, 0.1) is 0 Å². The van der Waals surface area contributed by atoms with Crippen molar-refractivity contribution in [1.29, 1.82) is 0 Å². The van der Waals surface area contributed by atoms with Gasteiger partial charge in [0.2, 0.25) is 5.91 Å². The third kappa shape index (κ3) is 5.58. The number of hydrogen-bond acceptors (Lipinski definition) is 4. The number of nitrogens with zero attached hydrogens (tertiary/aromatic N) is 1. The zero-order valence-electron chi connectivity index (χ0n) is 12.0. The lowest BCUT2D eigenvalue weighted by Gasteiger charge is -2.29. The second-order valence-corrected chi connectivity index (χ2v) is 5.20. The summed E-state index contributed by atoms with van der Waals surface area (Å²) in [7, 11) is 0. The number of amides is 3. The van der Waals surface area contributed by atoms with E-state index in [9.17, 15) is 14.4 Å². The van der Waals surface area contributed by atoms with Crippen molar-refractivity contribution in [3.63, 3.8) is 0 Å². The van der Waals surface area contributed by atoms with Crippen LogP contribution in [0.5, 0.6) is 0 Å². The standard InChI is InChI=1S/C13H23N3O5/c14-11(18)6-5-10(12(19)20)15-13(21)16(7-8-17)9-3-1-2-4-9/h9-10,17H,1-8H2,(H2,14,18)(H,15,21)(H,19,20)/t10-/m1/s1. The highest BCUT2D eigenvalue weighted by atomic mass is 16.4. The number of carboxylic acid groups (broad SMARTS) is 1. The molecule has 1 aliphatic carbocycles. The molecule has 5 N–H and O–H groups in total. The number of aliphatic carboxylic acids is 1. The Bertz CT molecular complexity index is 382. The van der Waals surface area contributed by atoms with Crippen molar-refractivity contribution in [1.82, 2.24) is 10.2 Å². The Balaban J connectivity index is 2.63. The third-order valence-corrected chi connectivity index (χ3v) is 3.64. The second-order valence-electron chi connectivity index (χ2n) is 5.20. The number of urea groups is 1. The number of carboxylic acids is 1. The number of hydrogen-bond donors (Lipinski definition) is 4. The van der Waals surface area contributed by atoms with Gasteiger partial charge in [-0.05, 0) is 19.3 Å². The summed E-state index contributed by atoms with van der Waals surface area (Å²) in [6.07, 6.45) is 3.58. The minimum Gasteiger partial charge on any atom is -0.480 e. The van der Waals surface area contributed by atoms with Crippen LogP contribution in [-0.4, -0.2) is 58.3 Å². The van der Waals surface area contributed by atoms with E-state index in [2.05, 4.69) is 5.32 Å². The van der Waals surface area contributed by atoms with Gasteiger partial charge in [0.1, 0.15) is 6.04 Å². The molecule has 0 radical (unpaired) electrons. The second kappa shape index (κ2) is 8.46. The SMILES string of the molecule is NC(=O)CC[C@@H](NC(=O)N(CCO)C1CCCC1)C(=O)O. The molecule has 21 heavy (non-hydrogen) atoms. The molecule has 1 saturated carbocycles. The average molecular weight is 301 g/mol. The van der Waals surface area contributed by atoms with Gasteiger partial charge in [-0.25, -0.2) is 9.59 Å². The number of carbonyl (C=O) groups is 3. The molecule has 8 nitrogen and oxygen atoms in total. The fourth-order valence-corrected chi connectivity index (χ4v) is 2.55. The van der Waals surface area contributed by atoms with Gasteiger partial charge in [0, 0.05) is 19.0 Å². The zero-order valence-corrected chi connectivity index (χ0v) is 12.0. The molecular weight excluding hydrogens is 278 g/mol. The first-order chi connectivity index (χ1) is 9.95. The summed E-state index contributed by atoms with van der Waals surface area (Å²) < 4.78 is 0. The molecule has 120 valence electrons. The molecule has 1 aliphatic rings. The monoisotopic (exact) mass is 301 g/mol. The zero-order chi connectivity index (χ0) is 15.8. The van der Waals surface area contributed by atoms with Crippen molar-refractivity contribution in [2.24, 2.45) is 5.73 Å². The van der Waals surface area contributed by atoms with Crippen LogP contribution in [-0.2, 0) is 9.59 Å². The topological polar surface area (TPSA) is 133 Å². The van der Waals surface area contributed by atoms with Gasteiger partial charge in [-0.2, -0.15) is 0 Å². The van der Waals surface area contributed by atoms with Crippen molar-refractivity contribution in [3.05, 3.63) is 0 Å². The smallest absolute Gasteiger partial charge is 0.326 e. The number of aliphatic hydroxyl groups is 1. The van der Waals surface area contributed by atoms with Gasteiger partial charge >= 0.3 is 12.0 Å². The molecule has 1 fully saturated rings. The number of aliphatic hydroxyl groups excluding tert-OH is 1. The first-order valence-electron chi connectivity index (χ1n) is 7.14. The first-order valence-corrected chi connectivity index (χ1v) is 7.14. The molecule has 0 spiro atoms. The molecule has 1 rings (SSSR count). The molecule has 0 aromatic carbocycles. The third-order valence-electron chi connectivity index (χ3n) is 3.64. The maximum atomic E-state index is 12.2. The van der Waals surface area contributed by atoms with Crippen LogP contribution in [0.25, 0.3) is 0 Å². The Morgan fingerprint density at radius 2 is 1.90 bits per heavy atom. The van der Waals surface area contributed by atoms with Crippen LogP contribution >= 0.6 is 0 Å². The van der Waals surface area contributed by atoms with Gasteiger partial charge in [-0.3, -0.25) is 4.79 Å². The molecule has 0 aromatic rings. The predicted molar refractivity (Wildman–Crippen MR) is 74.4 cm³/mol. The highest BCUT2D eigenvalue weighted by Gasteiger charge is 2.29. The van der Waals surface area contributed by atoms with Gasteiger partial charge in [-0.15, -0.1) is 0 Å². The van der Waals surface area contributed by atoms with Gasteiger partial charge in [0.15, 0.2) is 0 Å². The molecule has 0 heterocycles. The summed E-state index contributed by atoms with van der Waals surface area (Å²) >= 11 is 0. The molecule has 0 saturated heterocycles. The predicted octanol–water partition coefficient (Wildman–Crippen LogP) is -0.348. The van der Waals surface area contributed by atoms with Gasteiger partial charge < -0.3 is 26.2 Å². The van der Waals surface area contributed by atoms with Crippen LogP contribution in [0.4, 0.5) is 4.79 Å². The maximum absolute atomic E-state index is 12.2. The van der Waals surface area contributed by atoms with Crippen LogP contribution in [0.2, 0.25) is 0 Å². The molecule has 0 bridgehead atoms. The lowest BCUT2D eigenvalue weighted by molar-refractivity contribution is -0.139. The Morgan fingerprint density at radius 1 is 1.29 bits per heavy atom. The quantitative estimate of drug-likeness (QED) is 0.486. The number of nitrogens with two attached hydrogens (primary N) is 1. The molecular formula is C13H23N3O5. The van der Waals surface area contributed by atoms with E-state index in [4.69, 9.17) is 15.9 Å². The Hall–Kier alpha value is -1.83. The normalized spacial score (nSPS) is 16.4. The van der Waals surface area contributed by atoms with E-state index >= 15 is 0 Å². The van der Waals surface area contributed by atoms with E-state index < -0.39 is 23.9 Å². The number of rotatable bonds is 8. The molecule has 0 aromatic heterocycles. The Labute approximate surface area is 123 Å². The van der Waals surface area contributed by atoms with E-state index in [-0.39, 0.29) is 32.0 Å². The fourth-order valence-electron chi connectivity index (χ4n) is 2.55. The summed E-state index contributed by atoms with van der Waals surface area (Å²) in [6, 6.07) is -1.65. The van der Waals surface area contributed by atoms with E-state index in [0.29, 0.717) is 0 Å². The van der Waals surface area contributed by atoms with E-state index in [1.54, 1.807) is 0 Å². The molecule has 1 atom stereocenters. The van der Waals surface area contributed by atoms with Crippen LogP contribution < -0.4 is 11.1 Å². The van der Waals surface area contributed by atoms with Crippen molar-refractivity contribution in [2.75, 3.05) is 13.2 Å². The number of primary amides is 1. The Kier molecular flexibility index (Phi) is 6.93. The molecule has 0 aliphatic heterocycles. The maximum Gasteiger partial charge on any atom is 0.326 e. The van der Waals surface area contributed by atoms with Gasteiger partial charge in [-0.1, -0.05) is 12.8 Å². The lowest BCUT2D eigenvalue weighted by atomic mass is 10.1. The van der Waals surface area contributed by atoms with Crippen molar-refractivity contribution < 1.29 is 24.6 Å². The van der Waals surface area contributed by atoms with Crippen molar-refractivity contribution >= 4 is 17.9 Å². The molecule has 0 unspecified atom stereocenters. The van der Waals surface area contributed by atoms with Crippen molar-refractivity contribution in [2.45, 2.75) is 50.6 Å². The largest absolute Gasteiger partial charge is 0.480 e. The highest BCUT2D eigenvalue weighted by molar-refractivity contribution is 5.83. The lowest BCUT2D eigenvalue weighted by Crippen LogP contribution is -2.51. The Morgan fingerprint density at radius 3 is 2.38 bits per heavy atom. The molecule has 3 amide bonds. The van der Waals surface area contributed by atoms with Gasteiger partial charge in [0.25, 0.3) is 0 Å². The van der Waals surface area contributed by atoms with E-state index in [1.165, 1.54) is 4.90 Å². The van der Waals surface area contributed by atoms with Crippen LogP contribution in [0.1, 0.15) is 38.5 Å².